The van der Waals surface area contributed by atoms with E-state index in [0.717, 1.165) is 43.1 Å². The number of ether oxygens (including phenoxy) is 1. The minimum absolute atomic E-state index is 0.0104. The molecule has 1 heterocycles. The van der Waals surface area contributed by atoms with Crippen LogP contribution in [0.1, 0.15) is 24.1 Å². The summed E-state index contributed by atoms with van der Waals surface area (Å²) < 4.78 is 5.69. The van der Waals surface area contributed by atoms with Gasteiger partial charge in [0.05, 0.1) is 18.7 Å². The van der Waals surface area contributed by atoms with Crippen molar-refractivity contribution in [1.29, 1.82) is 5.26 Å². The molecule has 1 fully saturated rings. The zero-order chi connectivity index (χ0) is 21.3. The summed E-state index contributed by atoms with van der Waals surface area (Å²) in [5.41, 5.74) is 2.17. The molecular weight excluding hydrogens is 376 g/mol. The lowest BCUT2D eigenvalue weighted by atomic mass is 10.1. The highest BCUT2D eigenvalue weighted by Crippen LogP contribution is 2.22. The molecule has 0 aromatic heterocycles. The quantitative estimate of drug-likeness (QED) is 0.683. The fraction of sp³-hybridized carbons (Fsp3) is 0.417. The van der Waals surface area contributed by atoms with Gasteiger partial charge < -0.3 is 10.1 Å². The van der Waals surface area contributed by atoms with E-state index in [1.54, 1.807) is 0 Å². The Morgan fingerprint density at radius 2 is 1.80 bits per heavy atom. The fourth-order valence-corrected chi connectivity index (χ4v) is 3.75. The van der Waals surface area contributed by atoms with Crippen LogP contribution < -0.4 is 10.1 Å². The summed E-state index contributed by atoms with van der Waals surface area (Å²) in [4.78, 5) is 16.9. The zero-order valence-corrected chi connectivity index (χ0v) is 17.8. The average Bonchev–Trinajstić information content (AvgIpc) is 2.78. The molecule has 1 aliphatic rings. The maximum Gasteiger partial charge on any atom is 0.237 e. The van der Waals surface area contributed by atoms with Gasteiger partial charge in [-0.3, -0.25) is 14.6 Å². The van der Waals surface area contributed by atoms with Gasteiger partial charge in [0.15, 0.2) is 0 Å². The Labute approximate surface area is 179 Å². The molecule has 30 heavy (non-hydrogen) atoms. The Morgan fingerprint density at radius 1 is 1.10 bits per heavy atom. The standard InChI is InChI=1S/C24H30N4O2/c1-19-7-6-10-22(17-19)30-16-11-26-24(29)20(2)27-12-14-28(15-13-27)23(18-25)21-8-4-3-5-9-21/h3-10,17,20,23H,11-16H2,1-2H3,(H,26,29). The van der Waals surface area contributed by atoms with Crippen LogP contribution >= 0.6 is 0 Å². The van der Waals surface area contributed by atoms with Crippen LogP contribution in [0.2, 0.25) is 0 Å². The van der Waals surface area contributed by atoms with Crippen LogP contribution in [0.15, 0.2) is 54.6 Å². The van der Waals surface area contributed by atoms with Gasteiger partial charge in [-0.05, 0) is 37.1 Å². The van der Waals surface area contributed by atoms with Gasteiger partial charge in [-0.2, -0.15) is 5.26 Å². The smallest absolute Gasteiger partial charge is 0.237 e. The van der Waals surface area contributed by atoms with Crippen molar-refractivity contribution >= 4 is 5.91 Å². The lowest BCUT2D eigenvalue weighted by Gasteiger charge is -2.39. The molecule has 2 unspecified atom stereocenters. The van der Waals surface area contributed by atoms with Crippen LogP contribution in [-0.4, -0.2) is 61.1 Å². The van der Waals surface area contributed by atoms with Crippen LogP contribution in [0.3, 0.4) is 0 Å². The van der Waals surface area contributed by atoms with Crippen molar-refractivity contribution in [3.8, 4) is 11.8 Å². The number of carbonyl (C=O) groups is 1. The van der Waals surface area contributed by atoms with Gasteiger partial charge in [0, 0.05) is 26.2 Å². The molecule has 0 aliphatic carbocycles. The zero-order valence-electron chi connectivity index (χ0n) is 17.8. The predicted molar refractivity (Wildman–Crippen MR) is 117 cm³/mol. The van der Waals surface area contributed by atoms with Gasteiger partial charge in [-0.25, -0.2) is 0 Å². The number of nitrogens with zero attached hydrogens (tertiary/aromatic N) is 3. The number of aryl methyl sites for hydroxylation is 1. The largest absolute Gasteiger partial charge is 0.492 e. The Bertz CT molecular complexity index is 857. The molecule has 6 heteroatoms. The number of amides is 1. The highest BCUT2D eigenvalue weighted by Gasteiger charge is 2.29. The molecule has 2 aromatic rings. The second kappa shape index (κ2) is 10.8. The van der Waals surface area contributed by atoms with Gasteiger partial charge >= 0.3 is 0 Å². The normalized spacial score (nSPS) is 17.0. The van der Waals surface area contributed by atoms with E-state index >= 15 is 0 Å². The molecule has 2 atom stereocenters. The van der Waals surface area contributed by atoms with Crippen LogP contribution in [-0.2, 0) is 4.79 Å². The van der Waals surface area contributed by atoms with Crippen molar-refractivity contribution in [2.45, 2.75) is 25.9 Å². The first-order valence-corrected chi connectivity index (χ1v) is 10.5. The minimum atomic E-state index is -0.240. The maximum absolute atomic E-state index is 12.5. The van der Waals surface area contributed by atoms with E-state index in [-0.39, 0.29) is 18.0 Å². The summed E-state index contributed by atoms with van der Waals surface area (Å²) in [7, 11) is 0. The van der Waals surface area contributed by atoms with Crippen molar-refractivity contribution in [2.75, 3.05) is 39.3 Å². The summed E-state index contributed by atoms with van der Waals surface area (Å²) in [6.07, 6.45) is 0. The lowest BCUT2D eigenvalue weighted by Crippen LogP contribution is -2.54. The topological polar surface area (TPSA) is 68.6 Å². The van der Waals surface area contributed by atoms with Crippen molar-refractivity contribution in [2.24, 2.45) is 0 Å². The molecule has 6 nitrogen and oxygen atoms in total. The van der Waals surface area contributed by atoms with E-state index in [4.69, 9.17) is 4.74 Å². The number of carbonyl (C=O) groups excluding carboxylic acids is 1. The summed E-state index contributed by atoms with van der Waals surface area (Å²) in [5.74, 6) is 0.829. The molecule has 1 aliphatic heterocycles. The van der Waals surface area contributed by atoms with E-state index in [0.29, 0.717) is 13.2 Å². The second-order valence-electron chi connectivity index (χ2n) is 7.65. The number of hydrogen-bond donors (Lipinski definition) is 1. The number of nitrogens with one attached hydrogen (secondary N) is 1. The van der Waals surface area contributed by atoms with Gasteiger partial charge in [0.2, 0.25) is 5.91 Å². The minimum Gasteiger partial charge on any atom is -0.492 e. The molecule has 3 rings (SSSR count). The Kier molecular flexibility index (Phi) is 7.83. The van der Waals surface area contributed by atoms with E-state index < -0.39 is 0 Å². The van der Waals surface area contributed by atoms with Gasteiger partial charge in [-0.1, -0.05) is 42.5 Å². The molecule has 1 saturated heterocycles. The van der Waals surface area contributed by atoms with Crippen molar-refractivity contribution < 1.29 is 9.53 Å². The third-order valence-corrected chi connectivity index (χ3v) is 5.54. The molecule has 158 valence electrons. The first kappa shape index (κ1) is 21.8. The molecule has 2 aromatic carbocycles. The van der Waals surface area contributed by atoms with Crippen molar-refractivity contribution in [3.05, 3.63) is 65.7 Å². The number of hydrogen-bond acceptors (Lipinski definition) is 5. The number of nitriles is 1. The summed E-state index contributed by atoms with van der Waals surface area (Å²) >= 11 is 0. The van der Waals surface area contributed by atoms with Gasteiger partial charge in [-0.15, -0.1) is 0 Å². The average molecular weight is 407 g/mol. The molecular formula is C24H30N4O2. The van der Waals surface area contributed by atoms with Crippen molar-refractivity contribution in [3.63, 3.8) is 0 Å². The number of benzene rings is 2. The Hall–Kier alpha value is -2.88. The second-order valence-corrected chi connectivity index (χ2v) is 7.65. The number of piperazine rings is 1. The Morgan fingerprint density at radius 3 is 2.47 bits per heavy atom. The molecule has 0 bridgehead atoms. The summed E-state index contributed by atoms with van der Waals surface area (Å²) in [6, 6.07) is 19.7. The molecule has 1 amide bonds. The highest BCUT2D eigenvalue weighted by atomic mass is 16.5. The molecule has 1 N–H and O–H groups in total. The maximum atomic E-state index is 12.5. The van der Waals surface area contributed by atoms with Crippen LogP contribution in [0.5, 0.6) is 5.75 Å². The van der Waals surface area contributed by atoms with Crippen LogP contribution in [0.25, 0.3) is 0 Å². The highest BCUT2D eigenvalue weighted by molar-refractivity contribution is 5.81. The molecule has 0 radical (unpaired) electrons. The third-order valence-electron chi connectivity index (χ3n) is 5.54. The van der Waals surface area contributed by atoms with Crippen molar-refractivity contribution in [1.82, 2.24) is 15.1 Å². The summed E-state index contributed by atoms with van der Waals surface area (Å²) in [5, 5.41) is 12.6. The first-order valence-electron chi connectivity index (χ1n) is 10.5. The molecule has 0 saturated carbocycles. The van der Waals surface area contributed by atoms with Crippen LogP contribution in [0.4, 0.5) is 0 Å². The Balaban J connectivity index is 1.41. The van der Waals surface area contributed by atoms with Crippen LogP contribution in [0, 0.1) is 18.3 Å². The van der Waals surface area contributed by atoms with E-state index in [2.05, 4.69) is 21.2 Å². The fourth-order valence-electron chi connectivity index (χ4n) is 3.75. The predicted octanol–water partition coefficient (Wildman–Crippen LogP) is 2.76. The van der Waals surface area contributed by atoms with E-state index in [1.807, 2.05) is 68.4 Å². The van der Waals surface area contributed by atoms with E-state index in [9.17, 15) is 10.1 Å². The van der Waals surface area contributed by atoms with E-state index in [1.165, 1.54) is 0 Å². The SMILES string of the molecule is Cc1cccc(OCCNC(=O)C(C)N2CCN(C(C#N)c3ccccc3)CC2)c1. The van der Waals surface area contributed by atoms with Gasteiger partial charge in [0.25, 0.3) is 0 Å². The van der Waals surface area contributed by atoms with Gasteiger partial charge in [0.1, 0.15) is 18.4 Å². The molecule has 0 spiro atoms. The third kappa shape index (κ3) is 5.82. The number of rotatable bonds is 8. The monoisotopic (exact) mass is 406 g/mol. The first-order chi connectivity index (χ1) is 14.6. The lowest BCUT2D eigenvalue weighted by molar-refractivity contribution is -0.126. The summed E-state index contributed by atoms with van der Waals surface area (Å²) in [6.45, 7) is 7.93.